The molecule has 0 spiro atoms. The van der Waals surface area contributed by atoms with E-state index in [9.17, 15) is 0 Å². The van der Waals surface area contributed by atoms with Gasteiger partial charge in [-0.15, -0.1) is 6.58 Å². The second-order valence-electron chi connectivity index (χ2n) is 3.16. The van der Waals surface area contributed by atoms with E-state index >= 15 is 0 Å². The van der Waals surface area contributed by atoms with Gasteiger partial charge in [-0.25, -0.2) is 0 Å². The van der Waals surface area contributed by atoms with Gasteiger partial charge in [-0.1, -0.05) is 35.3 Å². The van der Waals surface area contributed by atoms with Crippen LogP contribution in [-0.2, 0) is 0 Å². The summed E-state index contributed by atoms with van der Waals surface area (Å²) in [6, 6.07) is 5.61. The summed E-state index contributed by atoms with van der Waals surface area (Å²) in [5.41, 5.74) is 6.70. The van der Waals surface area contributed by atoms with E-state index in [2.05, 4.69) is 11.9 Å². The first-order valence-electron chi connectivity index (χ1n) is 4.68. The minimum Gasteiger partial charge on any atom is -0.329 e. The minimum atomic E-state index is 0.0813. The first kappa shape index (κ1) is 12.5. The van der Waals surface area contributed by atoms with Crippen molar-refractivity contribution in [1.29, 1.82) is 0 Å². The van der Waals surface area contributed by atoms with Crippen LogP contribution < -0.4 is 11.1 Å². The zero-order valence-corrected chi connectivity index (χ0v) is 9.85. The lowest BCUT2D eigenvalue weighted by atomic mass is 10.1. The second-order valence-corrected chi connectivity index (χ2v) is 3.97. The summed E-state index contributed by atoms with van der Waals surface area (Å²) in [6.45, 7) is 4.86. The van der Waals surface area contributed by atoms with E-state index in [4.69, 9.17) is 28.9 Å². The largest absolute Gasteiger partial charge is 0.329 e. The molecule has 3 N–H and O–H groups in total. The van der Waals surface area contributed by atoms with Crippen molar-refractivity contribution in [2.45, 2.75) is 6.04 Å². The normalized spacial score (nSPS) is 12.5. The van der Waals surface area contributed by atoms with Gasteiger partial charge in [0.05, 0.1) is 10.0 Å². The van der Waals surface area contributed by atoms with Crippen LogP contribution >= 0.6 is 23.2 Å². The van der Waals surface area contributed by atoms with Gasteiger partial charge < -0.3 is 11.1 Å². The Morgan fingerprint density at radius 1 is 1.40 bits per heavy atom. The van der Waals surface area contributed by atoms with Crippen LogP contribution in [0.5, 0.6) is 0 Å². The highest BCUT2D eigenvalue weighted by molar-refractivity contribution is 6.42. The molecular weight excluding hydrogens is 231 g/mol. The Morgan fingerprint density at radius 2 is 2.13 bits per heavy atom. The monoisotopic (exact) mass is 244 g/mol. The van der Waals surface area contributed by atoms with E-state index in [-0.39, 0.29) is 6.04 Å². The molecule has 2 nitrogen and oxygen atoms in total. The van der Waals surface area contributed by atoms with Crippen LogP contribution in [0.1, 0.15) is 11.6 Å². The molecule has 0 bridgehead atoms. The zero-order chi connectivity index (χ0) is 11.3. The van der Waals surface area contributed by atoms with Gasteiger partial charge in [0, 0.05) is 19.1 Å². The molecule has 1 rings (SSSR count). The Kier molecular flexibility index (Phi) is 5.12. The second kappa shape index (κ2) is 6.13. The number of halogens is 2. The van der Waals surface area contributed by atoms with E-state index in [0.717, 1.165) is 5.56 Å². The summed E-state index contributed by atoms with van der Waals surface area (Å²) in [5, 5.41) is 4.34. The van der Waals surface area contributed by atoms with Crippen LogP contribution in [0.3, 0.4) is 0 Å². The highest BCUT2D eigenvalue weighted by atomic mass is 35.5. The van der Waals surface area contributed by atoms with E-state index in [1.807, 2.05) is 12.1 Å². The Morgan fingerprint density at radius 3 is 2.67 bits per heavy atom. The third kappa shape index (κ3) is 3.50. The van der Waals surface area contributed by atoms with Gasteiger partial charge >= 0.3 is 0 Å². The maximum Gasteiger partial charge on any atom is 0.0595 e. The van der Waals surface area contributed by atoms with Crippen molar-refractivity contribution < 1.29 is 0 Å². The maximum atomic E-state index is 5.93. The summed E-state index contributed by atoms with van der Waals surface area (Å²) in [7, 11) is 0. The lowest BCUT2D eigenvalue weighted by Crippen LogP contribution is -2.28. The summed E-state index contributed by atoms with van der Waals surface area (Å²) in [4.78, 5) is 0. The van der Waals surface area contributed by atoms with E-state index in [0.29, 0.717) is 23.1 Å². The fraction of sp³-hybridized carbons (Fsp3) is 0.273. The molecule has 0 fully saturated rings. The number of rotatable bonds is 5. The van der Waals surface area contributed by atoms with Crippen molar-refractivity contribution in [2.75, 3.05) is 13.1 Å². The van der Waals surface area contributed by atoms with Crippen LogP contribution in [-0.4, -0.2) is 13.1 Å². The van der Waals surface area contributed by atoms with Crippen molar-refractivity contribution in [1.82, 2.24) is 5.32 Å². The van der Waals surface area contributed by atoms with Crippen molar-refractivity contribution in [3.05, 3.63) is 46.5 Å². The van der Waals surface area contributed by atoms with Crippen LogP contribution in [0.25, 0.3) is 0 Å². The lowest BCUT2D eigenvalue weighted by molar-refractivity contribution is 0.578. The third-order valence-corrected chi connectivity index (χ3v) is 2.83. The molecule has 0 amide bonds. The maximum absolute atomic E-state index is 5.93. The minimum absolute atomic E-state index is 0.0813. The number of benzene rings is 1. The Labute approximate surface area is 100 Å². The molecule has 0 aliphatic carbocycles. The molecule has 0 saturated carbocycles. The van der Waals surface area contributed by atoms with Gasteiger partial charge in [0.25, 0.3) is 0 Å². The SMILES string of the molecule is C=CCNC(CN)c1ccc(Cl)c(Cl)c1. The molecule has 15 heavy (non-hydrogen) atoms. The molecule has 0 aromatic heterocycles. The van der Waals surface area contributed by atoms with Crippen LogP contribution in [0.15, 0.2) is 30.9 Å². The number of hydrogen-bond donors (Lipinski definition) is 2. The topological polar surface area (TPSA) is 38.0 Å². The molecule has 0 aliphatic heterocycles. The van der Waals surface area contributed by atoms with Crippen LogP contribution in [0.2, 0.25) is 10.0 Å². The first-order chi connectivity index (χ1) is 7.19. The quantitative estimate of drug-likeness (QED) is 0.783. The molecule has 1 unspecified atom stereocenters. The standard InChI is InChI=1S/C11H14Cl2N2/c1-2-5-15-11(7-14)8-3-4-9(12)10(13)6-8/h2-4,6,11,15H,1,5,7,14H2. The number of nitrogens with two attached hydrogens (primary N) is 1. The summed E-state index contributed by atoms with van der Waals surface area (Å²) >= 11 is 11.8. The predicted molar refractivity (Wildman–Crippen MR) is 66.5 cm³/mol. The Balaban J connectivity index is 2.82. The van der Waals surface area contributed by atoms with Crippen molar-refractivity contribution >= 4 is 23.2 Å². The molecule has 0 radical (unpaired) electrons. The zero-order valence-electron chi connectivity index (χ0n) is 8.34. The van der Waals surface area contributed by atoms with Gasteiger partial charge in [0.2, 0.25) is 0 Å². The summed E-state index contributed by atoms with van der Waals surface area (Å²) < 4.78 is 0. The smallest absolute Gasteiger partial charge is 0.0595 e. The molecule has 1 aromatic rings. The van der Waals surface area contributed by atoms with Gasteiger partial charge in [-0.05, 0) is 17.7 Å². The van der Waals surface area contributed by atoms with Crippen molar-refractivity contribution in [2.24, 2.45) is 5.73 Å². The van der Waals surface area contributed by atoms with Gasteiger partial charge in [0.1, 0.15) is 0 Å². The molecular formula is C11H14Cl2N2. The summed E-state index contributed by atoms with van der Waals surface area (Å²) in [6.07, 6.45) is 1.79. The number of nitrogens with one attached hydrogen (secondary N) is 1. The van der Waals surface area contributed by atoms with Gasteiger partial charge in [-0.2, -0.15) is 0 Å². The Hall–Kier alpha value is -0.540. The molecule has 82 valence electrons. The third-order valence-electron chi connectivity index (χ3n) is 2.09. The average molecular weight is 245 g/mol. The fourth-order valence-corrected chi connectivity index (χ4v) is 1.60. The molecule has 1 atom stereocenters. The van der Waals surface area contributed by atoms with Gasteiger partial charge in [0.15, 0.2) is 0 Å². The Bertz CT molecular complexity index is 339. The molecule has 0 saturated heterocycles. The molecule has 1 aromatic carbocycles. The number of hydrogen-bond acceptors (Lipinski definition) is 2. The summed E-state index contributed by atoms with van der Waals surface area (Å²) in [5.74, 6) is 0. The lowest BCUT2D eigenvalue weighted by Gasteiger charge is -2.16. The molecule has 0 aliphatic rings. The molecule has 0 heterocycles. The molecule has 4 heteroatoms. The van der Waals surface area contributed by atoms with Crippen molar-refractivity contribution in [3.63, 3.8) is 0 Å². The highest BCUT2D eigenvalue weighted by Gasteiger charge is 2.09. The average Bonchev–Trinajstić information content (AvgIpc) is 2.24. The van der Waals surface area contributed by atoms with E-state index in [1.165, 1.54) is 0 Å². The fourth-order valence-electron chi connectivity index (χ4n) is 1.29. The van der Waals surface area contributed by atoms with Crippen LogP contribution in [0.4, 0.5) is 0 Å². The van der Waals surface area contributed by atoms with Crippen LogP contribution in [0, 0.1) is 0 Å². The highest BCUT2D eigenvalue weighted by Crippen LogP contribution is 2.25. The van der Waals surface area contributed by atoms with E-state index < -0.39 is 0 Å². The first-order valence-corrected chi connectivity index (χ1v) is 5.44. The van der Waals surface area contributed by atoms with Gasteiger partial charge in [-0.3, -0.25) is 0 Å². The van der Waals surface area contributed by atoms with Crippen molar-refractivity contribution in [3.8, 4) is 0 Å². The predicted octanol–water partition coefficient (Wildman–Crippen LogP) is 2.77. The van der Waals surface area contributed by atoms with E-state index in [1.54, 1.807) is 12.1 Å².